The van der Waals surface area contributed by atoms with Gasteiger partial charge in [0.15, 0.2) is 5.96 Å². The number of piperidine rings is 1. The zero-order chi connectivity index (χ0) is 19.1. The highest BCUT2D eigenvalue weighted by molar-refractivity contribution is 14.0. The van der Waals surface area contributed by atoms with Gasteiger partial charge in [0.1, 0.15) is 5.82 Å². The predicted octanol–water partition coefficient (Wildman–Crippen LogP) is 3.09. The molecule has 1 fully saturated rings. The van der Waals surface area contributed by atoms with Gasteiger partial charge in [0.25, 0.3) is 0 Å². The van der Waals surface area contributed by atoms with Gasteiger partial charge in [-0.3, -0.25) is 9.98 Å². The molecule has 0 aliphatic carbocycles. The van der Waals surface area contributed by atoms with Crippen LogP contribution in [0.1, 0.15) is 29.7 Å². The van der Waals surface area contributed by atoms with Crippen LogP contribution < -0.4 is 15.5 Å². The molecule has 0 amide bonds. The largest absolute Gasteiger partial charge is 0.356 e. The normalized spacial score (nSPS) is 15.1. The third-order valence-corrected chi connectivity index (χ3v) is 5.08. The molecule has 2 aromatic rings. The van der Waals surface area contributed by atoms with Crippen molar-refractivity contribution >= 4 is 35.8 Å². The van der Waals surface area contributed by atoms with Crippen LogP contribution in [-0.4, -0.2) is 48.7 Å². The molecule has 3 rings (SSSR count). The average molecular weight is 494 g/mol. The van der Waals surface area contributed by atoms with Gasteiger partial charge in [0, 0.05) is 50.8 Å². The molecule has 152 valence electrons. The summed E-state index contributed by atoms with van der Waals surface area (Å²) in [6, 6.07) is 8.75. The van der Waals surface area contributed by atoms with Crippen molar-refractivity contribution in [3.05, 3.63) is 53.5 Å². The average Bonchev–Trinajstić information content (AvgIpc) is 2.69. The zero-order valence-corrected chi connectivity index (χ0v) is 19.3. The van der Waals surface area contributed by atoms with E-state index >= 15 is 0 Å². The highest BCUT2D eigenvalue weighted by Gasteiger charge is 2.20. The maximum absolute atomic E-state index is 4.64. The van der Waals surface area contributed by atoms with E-state index in [1.807, 2.05) is 32.4 Å². The van der Waals surface area contributed by atoms with E-state index in [1.54, 1.807) is 0 Å². The summed E-state index contributed by atoms with van der Waals surface area (Å²) >= 11 is 0. The molecule has 28 heavy (non-hydrogen) atoms. The number of nitrogens with one attached hydrogen (secondary N) is 2. The van der Waals surface area contributed by atoms with E-state index in [0.29, 0.717) is 6.04 Å². The van der Waals surface area contributed by atoms with Crippen molar-refractivity contribution in [1.29, 1.82) is 0 Å². The van der Waals surface area contributed by atoms with Crippen LogP contribution in [0.3, 0.4) is 0 Å². The number of aryl methyl sites for hydroxylation is 2. The van der Waals surface area contributed by atoms with Crippen LogP contribution >= 0.6 is 24.0 Å². The summed E-state index contributed by atoms with van der Waals surface area (Å²) in [5.74, 6) is 1.97. The molecule has 0 aromatic carbocycles. The van der Waals surface area contributed by atoms with E-state index in [-0.39, 0.29) is 24.0 Å². The van der Waals surface area contributed by atoms with Gasteiger partial charge in [0.05, 0.1) is 0 Å². The molecule has 1 aliphatic heterocycles. The molecule has 0 atom stereocenters. The van der Waals surface area contributed by atoms with Crippen LogP contribution in [0.5, 0.6) is 0 Å². The summed E-state index contributed by atoms with van der Waals surface area (Å²) in [7, 11) is 1.83. The SMILES string of the molecule is CN=C(NCCc1ccncc1C)NC1CCN(c2cccc(C)n2)CC1.I. The Kier molecular flexibility index (Phi) is 8.95. The van der Waals surface area contributed by atoms with Crippen molar-refractivity contribution in [2.24, 2.45) is 4.99 Å². The van der Waals surface area contributed by atoms with Crippen LogP contribution in [-0.2, 0) is 6.42 Å². The van der Waals surface area contributed by atoms with Gasteiger partial charge in [0.2, 0.25) is 0 Å². The molecular weight excluding hydrogens is 463 g/mol. The van der Waals surface area contributed by atoms with Gasteiger partial charge < -0.3 is 15.5 Å². The Morgan fingerprint density at radius 1 is 1.21 bits per heavy atom. The number of aliphatic imine (C=N–C) groups is 1. The quantitative estimate of drug-likeness (QED) is 0.380. The van der Waals surface area contributed by atoms with Gasteiger partial charge >= 0.3 is 0 Å². The van der Waals surface area contributed by atoms with Crippen molar-refractivity contribution in [2.45, 2.75) is 39.2 Å². The molecule has 2 aromatic heterocycles. The predicted molar refractivity (Wildman–Crippen MR) is 127 cm³/mol. The van der Waals surface area contributed by atoms with Crippen molar-refractivity contribution in [1.82, 2.24) is 20.6 Å². The smallest absolute Gasteiger partial charge is 0.191 e. The second kappa shape index (κ2) is 11.2. The van der Waals surface area contributed by atoms with E-state index in [9.17, 15) is 0 Å². The number of aromatic nitrogens is 2. The van der Waals surface area contributed by atoms with Gasteiger partial charge in [-0.25, -0.2) is 4.98 Å². The lowest BCUT2D eigenvalue weighted by atomic mass is 10.1. The van der Waals surface area contributed by atoms with Gasteiger partial charge in [-0.2, -0.15) is 0 Å². The topological polar surface area (TPSA) is 65.4 Å². The molecule has 0 radical (unpaired) electrons. The highest BCUT2D eigenvalue weighted by atomic mass is 127. The molecule has 2 N–H and O–H groups in total. The van der Waals surface area contributed by atoms with E-state index < -0.39 is 0 Å². The minimum Gasteiger partial charge on any atom is -0.356 e. The molecule has 0 saturated carbocycles. The highest BCUT2D eigenvalue weighted by Crippen LogP contribution is 2.18. The maximum Gasteiger partial charge on any atom is 0.191 e. The number of hydrogen-bond acceptors (Lipinski definition) is 4. The number of halogens is 1. The second-order valence-corrected chi connectivity index (χ2v) is 7.09. The molecule has 0 unspecified atom stereocenters. The van der Waals surface area contributed by atoms with Crippen LogP contribution in [0.25, 0.3) is 0 Å². The maximum atomic E-state index is 4.64. The third kappa shape index (κ3) is 6.32. The molecule has 0 spiro atoms. The number of anilines is 1. The summed E-state index contributed by atoms with van der Waals surface area (Å²) in [5, 5.41) is 7.00. The molecule has 1 saturated heterocycles. The lowest BCUT2D eigenvalue weighted by molar-refractivity contribution is 0.459. The molecule has 6 nitrogen and oxygen atoms in total. The number of rotatable bonds is 5. The van der Waals surface area contributed by atoms with Crippen LogP contribution in [0.4, 0.5) is 5.82 Å². The second-order valence-electron chi connectivity index (χ2n) is 7.09. The first-order valence-electron chi connectivity index (χ1n) is 9.71. The fraction of sp³-hybridized carbons (Fsp3) is 0.476. The van der Waals surface area contributed by atoms with E-state index in [0.717, 1.165) is 56.4 Å². The van der Waals surface area contributed by atoms with E-state index in [1.165, 1.54) is 11.1 Å². The molecule has 0 bridgehead atoms. The Morgan fingerprint density at radius 2 is 2.00 bits per heavy atom. The van der Waals surface area contributed by atoms with E-state index in [2.05, 4.69) is 55.6 Å². The van der Waals surface area contributed by atoms with Crippen LogP contribution in [0.15, 0.2) is 41.7 Å². The number of guanidine groups is 1. The van der Waals surface area contributed by atoms with Gasteiger partial charge in [-0.05, 0) is 62.4 Å². The number of pyridine rings is 2. The Labute approximate surface area is 185 Å². The summed E-state index contributed by atoms with van der Waals surface area (Å²) in [5.41, 5.74) is 3.63. The Morgan fingerprint density at radius 3 is 2.68 bits per heavy atom. The molecule has 3 heterocycles. The first-order valence-corrected chi connectivity index (χ1v) is 9.71. The third-order valence-electron chi connectivity index (χ3n) is 5.08. The monoisotopic (exact) mass is 494 g/mol. The summed E-state index contributed by atoms with van der Waals surface area (Å²) in [6.07, 6.45) is 6.90. The lowest BCUT2D eigenvalue weighted by Crippen LogP contribution is -2.49. The van der Waals surface area contributed by atoms with Crippen molar-refractivity contribution in [3.63, 3.8) is 0 Å². The Bertz CT molecular complexity index is 771. The summed E-state index contributed by atoms with van der Waals surface area (Å²) in [4.78, 5) is 15.5. The van der Waals surface area contributed by atoms with Gasteiger partial charge in [-0.1, -0.05) is 6.07 Å². The molecule has 1 aliphatic rings. The number of hydrogen-bond donors (Lipinski definition) is 2. The van der Waals surface area contributed by atoms with E-state index in [4.69, 9.17) is 0 Å². The van der Waals surface area contributed by atoms with Crippen LogP contribution in [0, 0.1) is 13.8 Å². The minimum atomic E-state index is 0. The zero-order valence-electron chi connectivity index (χ0n) is 17.0. The lowest BCUT2D eigenvalue weighted by Gasteiger charge is -2.34. The minimum absolute atomic E-state index is 0. The first-order chi connectivity index (χ1) is 13.2. The first kappa shape index (κ1) is 22.4. The van der Waals surface area contributed by atoms with Crippen molar-refractivity contribution in [3.8, 4) is 0 Å². The fourth-order valence-electron chi connectivity index (χ4n) is 3.44. The summed E-state index contributed by atoms with van der Waals surface area (Å²) in [6.45, 7) is 7.03. The van der Waals surface area contributed by atoms with Gasteiger partial charge in [-0.15, -0.1) is 24.0 Å². The number of nitrogens with zero attached hydrogens (tertiary/aromatic N) is 4. The fourth-order valence-corrected chi connectivity index (χ4v) is 3.44. The van der Waals surface area contributed by atoms with Crippen molar-refractivity contribution < 1.29 is 0 Å². The standard InChI is InChI=1S/C21H30N6.HI/c1-16-15-23-11-7-18(16)8-12-24-21(22-3)26-19-9-13-27(14-10-19)20-6-4-5-17(2)25-20;/h4-7,11,15,19H,8-10,12-14H2,1-3H3,(H2,22,24,26);1H. The molecule has 7 heteroatoms. The van der Waals surface area contributed by atoms with Crippen molar-refractivity contribution in [2.75, 3.05) is 31.6 Å². The van der Waals surface area contributed by atoms with Crippen LogP contribution in [0.2, 0.25) is 0 Å². The summed E-state index contributed by atoms with van der Waals surface area (Å²) < 4.78 is 0. The Hall–Kier alpha value is -1.90. The molecular formula is C21H31IN6. The Balaban J connectivity index is 0.00000280.